The summed E-state index contributed by atoms with van der Waals surface area (Å²) in [4.78, 5) is 5.38. The van der Waals surface area contributed by atoms with Crippen LogP contribution in [0.2, 0.25) is 0 Å². The largest absolute Gasteiger partial charge is 0.295 e. The number of piperazine rings is 1. The molecule has 0 aliphatic carbocycles. The molecule has 0 spiro atoms. The Morgan fingerprint density at radius 2 is 1.95 bits per heavy atom. The predicted octanol–water partition coefficient (Wildman–Crippen LogP) is 2.92. The molecule has 3 rings (SSSR count). The summed E-state index contributed by atoms with van der Waals surface area (Å²) in [6.07, 6.45) is 2.52. The van der Waals surface area contributed by atoms with Gasteiger partial charge in [-0.3, -0.25) is 9.80 Å². The van der Waals surface area contributed by atoms with E-state index < -0.39 is 0 Å². The molecule has 1 aromatic carbocycles. The van der Waals surface area contributed by atoms with Gasteiger partial charge in [-0.15, -0.1) is 0 Å². The highest BCUT2D eigenvalue weighted by Crippen LogP contribution is 2.33. The number of fused-ring (bicyclic) bond motifs is 2. The first-order chi connectivity index (χ1) is 9.17. The molecular formula is C17H26N2. The Hall–Kier alpha value is -0.860. The molecule has 1 aromatic rings. The Labute approximate surface area is 117 Å². The van der Waals surface area contributed by atoms with Crippen LogP contribution >= 0.6 is 0 Å². The smallest absolute Gasteiger partial charge is 0.0242 e. The van der Waals surface area contributed by atoms with Gasteiger partial charge < -0.3 is 0 Å². The summed E-state index contributed by atoms with van der Waals surface area (Å²) in [6, 6.07) is 11.4. The highest BCUT2D eigenvalue weighted by molar-refractivity contribution is 5.23. The van der Waals surface area contributed by atoms with Gasteiger partial charge in [0.2, 0.25) is 0 Å². The van der Waals surface area contributed by atoms with Crippen LogP contribution in [-0.2, 0) is 13.0 Å². The van der Waals surface area contributed by atoms with E-state index in [9.17, 15) is 0 Å². The van der Waals surface area contributed by atoms with Crippen molar-refractivity contribution in [2.45, 2.75) is 58.3 Å². The van der Waals surface area contributed by atoms with Crippen LogP contribution in [0, 0.1) is 0 Å². The SMILES string of the molecule is CCc1cccc(CN2CC3CC2CN3C(C)C)c1. The summed E-state index contributed by atoms with van der Waals surface area (Å²) in [7, 11) is 0. The normalized spacial score (nSPS) is 27.6. The number of benzene rings is 1. The molecule has 2 fully saturated rings. The second-order valence-corrected chi connectivity index (χ2v) is 6.44. The van der Waals surface area contributed by atoms with Crippen molar-refractivity contribution in [3.63, 3.8) is 0 Å². The van der Waals surface area contributed by atoms with Crippen molar-refractivity contribution in [3.05, 3.63) is 35.4 Å². The van der Waals surface area contributed by atoms with E-state index in [0.717, 1.165) is 25.0 Å². The van der Waals surface area contributed by atoms with Gasteiger partial charge in [-0.1, -0.05) is 31.2 Å². The number of aryl methyl sites for hydroxylation is 1. The van der Waals surface area contributed by atoms with Crippen molar-refractivity contribution in [1.29, 1.82) is 0 Å². The molecule has 0 saturated carbocycles. The molecule has 0 radical (unpaired) electrons. The van der Waals surface area contributed by atoms with Crippen LogP contribution < -0.4 is 0 Å². The van der Waals surface area contributed by atoms with Crippen LogP contribution in [0.15, 0.2) is 24.3 Å². The highest BCUT2D eigenvalue weighted by atomic mass is 15.4. The average Bonchev–Trinajstić information content (AvgIpc) is 2.98. The lowest BCUT2D eigenvalue weighted by Crippen LogP contribution is -2.48. The molecule has 0 N–H and O–H groups in total. The number of nitrogens with zero attached hydrogens (tertiary/aromatic N) is 2. The minimum Gasteiger partial charge on any atom is -0.295 e. The van der Waals surface area contributed by atoms with Gasteiger partial charge in [0.25, 0.3) is 0 Å². The number of hydrogen-bond donors (Lipinski definition) is 0. The third-order valence-corrected chi connectivity index (χ3v) is 4.84. The van der Waals surface area contributed by atoms with Crippen molar-refractivity contribution < 1.29 is 0 Å². The van der Waals surface area contributed by atoms with E-state index in [0.29, 0.717) is 6.04 Å². The lowest BCUT2D eigenvalue weighted by Gasteiger charge is -2.36. The summed E-state index contributed by atoms with van der Waals surface area (Å²) in [6.45, 7) is 10.6. The molecule has 2 saturated heterocycles. The molecule has 2 bridgehead atoms. The zero-order valence-corrected chi connectivity index (χ0v) is 12.5. The number of hydrogen-bond acceptors (Lipinski definition) is 2. The van der Waals surface area contributed by atoms with Gasteiger partial charge >= 0.3 is 0 Å². The minimum atomic E-state index is 0.709. The number of rotatable bonds is 4. The van der Waals surface area contributed by atoms with E-state index in [2.05, 4.69) is 54.8 Å². The van der Waals surface area contributed by atoms with Gasteiger partial charge in [0, 0.05) is 37.8 Å². The Kier molecular flexibility index (Phi) is 3.64. The summed E-state index contributed by atoms with van der Waals surface area (Å²) >= 11 is 0. The Balaban J connectivity index is 1.64. The fraction of sp³-hybridized carbons (Fsp3) is 0.647. The van der Waals surface area contributed by atoms with Crippen LogP contribution in [0.3, 0.4) is 0 Å². The second-order valence-electron chi connectivity index (χ2n) is 6.44. The van der Waals surface area contributed by atoms with E-state index in [1.807, 2.05) is 0 Å². The zero-order valence-electron chi connectivity index (χ0n) is 12.5. The van der Waals surface area contributed by atoms with Crippen molar-refractivity contribution in [2.24, 2.45) is 0 Å². The van der Waals surface area contributed by atoms with E-state index in [4.69, 9.17) is 0 Å². The van der Waals surface area contributed by atoms with Gasteiger partial charge in [0.1, 0.15) is 0 Å². The first-order valence-corrected chi connectivity index (χ1v) is 7.75. The molecule has 2 atom stereocenters. The van der Waals surface area contributed by atoms with Crippen LogP contribution in [0.25, 0.3) is 0 Å². The minimum absolute atomic E-state index is 0.709. The molecule has 2 aliphatic heterocycles. The first-order valence-electron chi connectivity index (χ1n) is 7.75. The molecular weight excluding hydrogens is 232 g/mol. The monoisotopic (exact) mass is 258 g/mol. The van der Waals surface area contributed by atoms with Gasteiger partial charge in [-0.25, -0.2) is 0 Å². The van der Waals surface area contributed by atoms with Gasteiger partial charge in [-0.2, -0.15) is 0 Å². The number of likely N-dealkylation sites (tertiary alicyclic amines) is 2. The Morgan fingerprint density at radius 3 is 2.58 bits per heavy atom. The Bertz CT molecular complexity index is 441. The first kappa shape index (κ1) is 13.1. The van der Waals surface area contributed by atoms with Crippen molar-refractivity contribution in [1.82, 2.24) is 9.80 Å². The Morgan fingerprint density at radius 1 is 1.16 bits per heavy atom. The summed E-state index contributed by atoms with van der Waals surface area (Å²) in [5.74, 6) is 0. The maximum absolute atomic E-state index is 2.69. The maximum Gasteiger partial charge on any atom is 0.0242 e. The molecule has 0 aromatic heterocycles. The third-order valence-electron chi connectivity index (χ3n) is 4.84. The third kappa shape index (κ3) is 2.56. The average molecular weight is 258 g/mol. The van der Waals surface area contributed by atoms with Gasteiger partial charge in [-0.05, 0) is 37.8 Å². The molecule has 2 heteroatoms. The van der Waals surface area contributed by atoms with Gasteiger partial charge in [0.15, 0.2) is 0 Å². The van der Waals surface area contributed by atoms with E-state index in [-0.39, 0.29) is 0 Å². The molecule has 104 valence electrons. The summed E-state index contributed by atoms with van der Waals surface area (Å²) in [5, 5.41) is 0. The van der Waals surface area contributed by atoms with Crippen LogP contribution in [0.1, 0.15) is 38.3 Å². The second kappa shape index (κ2) is 5.26. The maximum atomic E-state index is 2.69. The molecule has 0 amide bonds. The molecule has 19 heavy (non-hydrogen) atoms. The molecule has 2 unspecified atom stereocenters. The fourth-order valence-corrected chi connectivity index (χ4v) is 3.79. The fourth-order valence-electron chi connectivity index (χ4n) is 3.79. The topological polar surface area (TPSA) is 6.48 Å². The van der Waals surface area contributed by atoms with E-state index >= 15 is 0 Å². The molecule has 2 heterocycles. The van der Waals surface area contributed by atoms with Crippen LogP contribution in [0.5, 0.6) is 0 Å². The van der Waals surface area contributed by atoms with E-state index in [1.54, 1.807) is 0 Å². The molecule has 2 nitrogen and oxygen atoms in total. The van der Waals surface area contributed by atoms with Crippen molar-refractivity contribution in [2.75, 3.05) is 13.1 Å². The van der Waals surface area contributed by atoms with Crippen LogP contribution in [0.4, 0.5) is 0 Å². The zero-order chi connectivity index (χ0) is 13.4. The highest BCUT2D eigenvalue weighted by Gasteiger charge is 2.43. The van der Waals surface area contributed by atoms with Crippen LogP contribution in [-0.4, -0.2) is 41.0 Å². The predicted molar refractivity (Wildman–Crippen MR) is 80.3 cm³/mol. The van der Waals surface area contributed by atoms with Crippen molar-refractivity contribution >= 4 is 0 Å². The summed E-state index contributed by atoms with van der Waals surface area (Å²) < 4.78 is 0. The molecule has 2 aliphatic rings. The van der Waals surface area contributed by atoms with Gasteiger partial charge in [0.05, 0.1) is 0 Å². The quantitative estimate of drug-likeness (QED) is 0.819. The van der Waals surface area contributed by atoms with E-state index in [1.165, 1.54) is 30.6 Å². The standard InChI is InChI=1S/C17H26N2/c1-4-14-6-5-7-15(8-14)10-18-11-17-9-16(18)12-19(17)13(2)3/h5-8,13,16-17H,4,9-12H2,1-3H3. The lowest BCUT2D eigenvalue weighted by molar-refractivity contribution is 0.0998. The van der Waals surface area contributed by atoms with Crippen molar-refractivity contribution in [3.8, 4) is 0 Å². The lowest BCUT2D eigenvalue weighted by atomic mass is 10.1. The summed E-state index contributed by atoms with van der Waals surface area (Å²) in [5.41, 5.74) is 2.95.